The summed E-state index contributed by atoms with van der Waals surface area (Å²) >= 11 is 0. The number of benzene rings is 1. The van der Waals surface area contributed by atoms with Gasteiger partial charge in [-0.05, 0) is 18.9 Å². The van der Waals surface area contributed by atoms with Gasteiger partial charge in [0.25, 0.3) is 0 Å². The minimum absolute atomic E-state index is 0.184. The molecule has 0 saturated carbocycles. The molecule has 0 radical (unpaired) electrons. The van der Waals surface area contributed by atoms with Gasteiger partial charge in [0.2, 0.25) is 0 Å². The minimum Gasteiger partial charge on any atom is -0.469 e. The van der Waals surface area contributed by atoms with E-state index in [0.717, 1.165) is 5.56 Å². The second-order valence-electron chi connectivity index (χ2n) is 4.65. The molecule has 2 atom stereocenters. The summed E-state index contributed by atoms with van der Waals surface area (Å²) in [6, 6.07) is 8.96. The zero-order valence-electron chi connectivity index (χ0n) is 12.4. The van der Waals surface area contributed by atoms with Crippen LogP contribution in [-0.4, -0.2) is 25.2 Å². The van der Waals surface area contributed by atoms with Gasteiger partial charge in [-0.3, -0.25) is 4.79 Å². The quantitative estimate of drug-likeness (QED) is 0.619. The third-order valence-electron chi connectivity index (χ3n) is 3.09. The first-order valence-corrected chi connectivity index (χ1v) is 6.74. The predicted octanol–water partition coefficient (Wildman–Crippen LogP) is 2.67. The highest BCUT2D eigenvalue weighted by atomic mass is 16.5. The number of methoxy groups -OCH3 is 1. The van der Waals surface area contributed by atoms with Gasteiger partial charge in [-0.25, -0.2) is 4.79 Å². The van der Waals surface area contributed by atoms with Gasteiger partial charge in [0, 0.05) is 6.04 Å². The Labute approximate surface area is 124 Å². The van der Waals surface area contributed by atoms with Crippen LogP contribution < -0.4 is 5.32 Å². The molecule has 0 heterocycles. The second-order valence-corrected chi connectivity index (χ2v) is 4.65. The van der Waals surface area contributed by atoms with Gasteiger partial charge in [-0.1, -0.05) is 36.4 Å². The molecule has 0 aliphatic rings. The van der Waals surface area contributed by atoms with Crippen LogP contribution in [0.3, 0.4) is 0 Å². The fraction of sp³-hybridized carbons (Fsp3) is 0.375. The standard InChI is InChI=1S/C16H21NO4/c1-4-8-14(15(18)20-3)12(2)17-16(19)21-11-13-9-6-5-7-10-13/h4-7,9-10,12,14H,1,8,11H2,2-3H3,(H,17,19)/t12-,14-/m0/s1. The lowest BCUT2D eigenvalue weighted by molar-refractivity contribution is -0.146. The number of rotatable bonds is 7. The average Bonchev–Trinajstić information content (AvgIpc) is 2.50. The Balaban J connectivity index is 2.48. The second kappa shape index (κ2) is 8.79. The first kappa shape index (κ1) is 16.8. The highest BCUT2D eigenvalue weighted by molar-refractivity contribution is 5.75. The molecule has 0 aliphatic carbocycles. The zero-order chi connectivity index (χ0) is 15.7. The van der Waals surface area contributed by atoms with Crippen LogP contribution in [0.5, 0.6) is 0 Å². The number of allylic oxidation sites excluding steroid dienone is 1. The fourth-order valence-electron chi connectivity index (χ4n) is 1.89. The van der Waals surface area contributed by atoms with Crippen LogP contribution in [0.1, 0.15) is 18.9 Å². The number of hydrogen-bond acceptors (Lipinski definition) is 4. The van der Waals surface area contributed by atoms with Gasteiger partial charge in [-0.2, -0.15) is 0 Å². The van der Waals surface area contributed by atoms with Gasteiger partial charge >= 0.3 is 12.1 Å². The smallest absolute Gasteiger partial charge is 0.407 e. The molecule has 114 valence electrons. The van der Waals surface area contributed by atoms with E-state index in [9.17, 15) is 9.59 Å². The van der Waals surface area contributed by atoms with Crippen LogP contribution in [0.25, 0.3) is 0 Å². The van der Waals surface area contributed by atoms with Gasteiger partial charge in [0.1, 0.15) is 6.61 Å². The van der Waals surface area contributed by atoms with E-state index in [1.165, 1.54) is 7.11 Å². The van der Waals surface area contributed by atoms with Crippen LogP contribution in [-0.2, 0) is 20.9 Å². The number of carbonyl (C=O) groups excluding carboxylic acids is 2. The van der Waals surface area contributed by atoms with E-state index >= 15 is 0 Å². The van der Waals surface area contributed by atoms with Crippen molar-refractivity contribution < 1.29 is 19.1 Å². The summed E-state index contributed by atoms with van der Waals surface area (Å²) in [6.07, 6.45) is 1.48. The van der Waals surface area contributed by atoms with Crippen molar-refractivity contribution in [2.75, 3.05) is 7.11 Å². The van der Waals surface area contributed by atoms with E-state index in [1.54, 1.807) is 13.0 Å². The van der Waals surface area contributed by atoms with Crippen molar-refractivity contribution in [3.8, 4) is 0 Å². The lowest BCUT2D eigenvalue weighted by atomic mass is 9.98. The maximum atomic E-state index is 11.7. The number of ether oxygens (including phenoxy) is 2. The highest BCUT2D eigenvalue weighted by Gasteiger charge is 2.26. The van der Waals surface area contributed by atoms with Crippen LogP contribution in [0.4, 0.5) is 4.79 Å². The zero-order valence-corrected chi connectivity index (χ0v) is 12.4. The highest BCUT2D eigenvalue weighted by Crippen LogP contribution is 2.12. The van der Waals surface area contributed by atoms with Crippen LogP contribution >= 0.6 is 0 Å². The Morgan fingerprint density at radius 3 is 2.57 bits per heavy atom. The summed E-state index contributed by atoms with van der Waals surface area (Å²) in [6.45, 7) is 5.52. The summed E-state index contributed by atoms with van der Waals surface area (Å²) in [4.78, 5) is 23.4. The molecule has 1 aromatic rings. The molecule has 0 unspecified atom stereocenters. The maximum Gasteiger partial charge on any atom is 0.407 e. The van der Waals surface area contributed by atoms with Crippen molar-refractivity contribution in [1.29, 1.82) is 0 Å². The normalized spacial score (nSPS) is 12.9. The summed E-state index contributed by atoms with van der Waals surface area (Å²) in [5.74, 6) is -0.859. The van der Waals surface area contributed by atoms with Crippen molar-refractivity contribution in [3.05, 3.63) is 48.6 Å². The van der Waals surface area contributed by atoms with E-state index in [-0.39, 0.29) is 12.6 Å². The van der Waals surface area contributed by atoms with Crippen LogP contribution in [0.15, 0.2) is 43.0 Å². The molecule has 1 N–H and O–H groups in total. The summed E-state index contributed by atoms with van der Waals surface area (Å²) in [5, 5.41) is 2.64. The number of carbonyl (C=O) groups is 2. The monoisotopic (exact) mass is 291 g/mol. The molecule has 1 aromatic carbocycles. The molecule has 0 bridgehead atoms. The third-order valence-corrected chi connectivity index (χ3v) is 3.09. The summed E-state index contributed by atoms with van der Waals surface area (Å²) < 4.78 is 9.83. The topological polar surface area (TPSA) is 64.6 Å². The number of nitrogens with one attached hydrogen (secondary N) is 1. The van der Waals surface area contributed by atoms with Gasteiger partial charge < -0.3 is 14.8 Å². The molecular formula is C16H21NO4. The minimum atomic E-state index is -0.565. The average molecular weight is 291 g/mol. The van der Waals surface area contributed by atoms with Crippen molar-refractivity contribution in [1.82, 2.24) is 5.32 Å². The number of esters is 1. The number of hydrogen-bond donors (Lipinski definition) is 1. The molecule has 0 aromatic heterocycles. The van der Waals surface area contributed by atoms with Gasteiger partial charge in [0.05, 0.1) is 13.0 Å². The van der Waals surface area contributed by atoms with Crippen LogP contribution in [0, 0.1) is 5.92 Å². The summed E-state index contributed by atoms with van der Waals surface area (Å²) in [5.41, 5.74) is 0.899. The van der Waals surface area contributed by atoms with Crippen molar-refractivity contribution in [3.63, 3.8) is 0 Å². The number of amides is 1. The number of alkyl carbamates (subject to hydrolysis) is 1. The van der Waals surface area contributed by atoms with E-state index in [0.29, 0.717) is 6.42 Å². The molecule has 0 fully saturated rings. The Hall–Kier alpha value is -2.30. The van der Waals surface area contributed by atoms with Crippen molar-refractivity contribution >= 4 is 12.1 Å². The summed E-state index contributed by atoms with van der Waals surface area (Å²) in [7, 11) is 1.32. The fourth-order valence-corrected chi connectivity index (χ4v) is 1.89. The Morgan fingerprint density at radius 2 is 2.00 bits per heavy atom. The maximum absolute atomic E-state index is 11.7. The molecule has 0 spiro atoms. The predicted molar refractivity (Wildman–Crippen MR) is 79.5 cm³/mol. The van der Waals surface area contributed by atoms with Crippen molar-refractivity contribution in [2.24, 2.45) is 5.92 Å². The third kappa shape index (κ3) is 5.69. The lowest BCUT2D eigenvalue weighted by Crippen LogP contribution is -2.41. The van der Waals surface area contributed by atoms with E-state index in [2.05, 4.69) is 11.9 Å². The van der Waals surface area contributed by atoms with Gasteiger partial charge in [-0.15, -0.1) is 6.58 Å². The first-order valence-electron chi connectivity index (χ1n) is 6.74. The molecular weight excluding hydrogens is 270 g/mol. The molecule has 0 saturated heterocycles. The van der Waals surface area contributed by atoms with Crippen molar-refractivity contribution in [2.45, 2.75) is 26.0 Å². The molecule has 0 aliphatic heterocycles. The lowest BCUT2D eigenvalue weighted by Gasteiger charge is -2.21. The first-order chi connectivity index (χ1) is 10.1. The Kier molecular flexibility index (Phi) is 7.01. The van der Waals surface area contributed by atoms with E-state index in [1.807, 2.05) is 30.3 Å². The molecule has 1 rings (SSSR count). The largest absolute Gasteiger partial charge is 0.469 e. The Bertz CT molecular complexity index is 472. The van der Waals surface area contributed by atoms with Gasteiger partial charge in [0.15, 0.2) is 0 Å². The molecule has 21 heavy (non-hydrogen) atoms. The molecule has 1 amide bonds. The molecule has 5 heteroatoms. The Morgan fingerprint density at radius 1 is 1.33 bits per heavy atom. The molecule has 5 nitrogen and oxygen atoms in total. The van der Waals surface area contributed by atoms with E-state index in [4.69, 9.17) is 9.47 Å². The van der Waals surface area contributed by atoms with Crippen LogP contribution in [0.2, 0.25) is 0 Å². The SMILES string of the molecule is C=CC[C@H](C(=O)OC)[C@H](C)NC(=O)OCc1ccccc1. The van der Waals surface area contributed by atoms with E-state index < -0.39 is 18.1 Å².